The van der Waals surface area contributed by atoms with Gasteiger partial charge in [0.25, 0.3) is 0 Å². The predicted octanol–water partition coefficient (Wildman–Crippen LogP) is 2.52. The lowest BCUT2D eigenvalue weighted by atomic mass is 10.3. The summed E-state index contributed by atoms with van der Waals surface area (Å²) in [6, 6.07) is 0. The number of hydrogen-bond donors (Lipinski definition) is 0. The van der Waals surface area contributed by atoms with Gasteiger partial charge < -0.3 is 9.64 Å². The SMILES string of the molecule is CCOCCCN(C)CCC(C)Br. The van der Waals surface area contributed by atoms with Gasteiger partial charge in [0, 0.05) is 24.6 Å². The Morgan fingerprint density at radius 3 is 2.62 bits per heavy atom. The largest absolute Gasteiger partial charge is 0.382 e. The molecule has 13 heavy (non-hydrogen) atoms. The van der Waals surface area contributed by atoms with Crippen LogP contribution in [0.5, 0.6) is 0 Å². The Morgan fingerprint density at radius 1 is 1.38 bits per heavy atom. The fraction of sp³-hybridized carbons (Fsp3) is 1.00. The van der Waals surface area contributed by atoms with E-state index in [1.54, 1.807) is 0 Å². The van der Waals surface area contributed by atoms with Gasteiger partial charge in [0.15, 0.2) is 0 Å². The van der Waals surface area contributed by atoms with Gasteiger partial charge in [-0.1, -0.05) is 22.9 Å². The average Bonchev–Trinajstić information content (AvgIpc) is 2.09. The molecule has 0 aliphatic carbocycles. The van der Waals surface area contributed by atoms with Gasteiger partial charge in [0.2, 0.25) is 0 Å². The first-order valence-electron chi connectivity index (χ1n) is 5.07. The standard InChI is InChI=1S/C10H22BrNO/c1-4-13-9-5-7-12(3)8-6-10(2)11/h10H,4-9H2,1-3H3. The average molecular weight is 252 g/mol. The molecule has 0 radical (unpaired) electrons. The quantitative estimate of drug-likeness (QED) is 0.486. The lowest BCUT2D eigenvalue weighted by molar-refractivity contribution is 0.135. The molecule has 80 valence electrons. The van der Waals surface area contributed by atoms with Crippen LogP contribution in [0, 0.1) is 0 Å². The molecule has 1 unspecified atom stereocenters. The maximum absolute atomic E-state index is 5.27. The zero-order valence-corrected chi connectivity index (χ0v) is 10.6. The minimum absolute atomic E-state index is 0.627. The van der Waals surface area contributed by atoms with Crippen LogP contribution in [0.15, 0.2) is 0 Å². The molecule has 0 aromatic heterocycles. The molecule has 1 atom stereocenters. The molecule has 2 nitrogen and oxygen atoms in total. The second-order valence-electron chi connectivity index (χ2n) is 3.42. The van der Waals surface area contributed by atoms with E-state index < -0.39 is 0 Å². The van der Waals surface area contributed by atoms with E-state index in [9.17, 15) is 0 Å². The highest BCUT2D eigenvalue weighted by Crippen LogP contribution is 2.03. The first-order valence-corrected chi connectivity index (χ1v) is 5.98. The van der Waals surface area contributed by atoms with Crippen LogP contribution >= 0.6 is 15.9 Å². The maximum atomic E-state index is 5.27. The first-order chi connectivity index (χ1) is 6.16. The lowest BCUT2D eigenvalue weighted by Crippen LogP contribution is -2.23. The molecule has 0 fully saturated rings. The number of nitrogens with zero attached hydrogens (tertiary/aromatic N) is 1. The fourth-order valence-electron chi connectivity index (χ4n) is 1.09. The van der Waals surface area contributed by atoms with Crippen LogP contribution in [0.3, 0.4) is 0 Å². The molecule has 3 heteroatoms. The van der Waals surface area contributed by atoms with Crippen molar-refractivity contribution >= 4 is 15.9 Å². The van der Waals surface area contributed by atoms with Gasteiger partial charge >= 0.3 is 0 Å². The summed E-state index contributed by atoms with van der Waals surface area (Å²) in [5, 5.41) is 0. The van der Waals surface area contributed by atoms with Gasteiger partial charge in [-0.05, 0) is 33.4 Å². The Bertz CT molecular complexity index is 109. The van der Waals surface area contributed by atoms with E-state index in [1.807, 2.05) is 6.92 Å². The third kappa shape index (κ3) is 10.3. The molecule has 0 aromatic rings. The van der Waals surface area contributed by atoms with Crippen LogP contribution in [0.25, 0.3) is 0 Å². The topological polar surface area (TPSA) is 12.5 Å². The molecule has 0 bridgehead atoms. The molecule has 0 rings (SSSR count). The van der Waals surface area contributed by atoms with Crippen LogP contribution in [-0.2, 0) is 4.74 Å². The smallest absolute Gasteiger partial charge is 0.0478 e. The normalized spacial score (nSPS) is 13.6. The fourth-order valence-corrected chi connectivity index (χ4v) is 1.30. The summed E-state index contributed by atoms with van der Waals surface area (Å²) in [5.74, 6) is 0. The van der Waals surface area contributed by atoms with Crippen molar-refractivity contribution in [2.45, 2.75) is 31.5 Å². The zero-order valence-electron chi connectivity index (χ0n) is 9.05. The van der Waals surface area contributed by atoms with E-state index in [4.69, 9.17) is 4.74 Å². The summed E-state index contributed by atoms with van der Waals surface area (Å²) in [5.41, 5.74) is 0. The third-order valence-corrected chi connectivity index (χ3v) is 2.40. The zero-order chi connectivity index (χ0) is 10.1. The molecule has 0 aliphatic rings. The number of ether oxygens (including phenoxy) is 1. The molecule has 0 aromatic carbocycles. The molecule has 0 saturated carbocycles. The summed E-state index contributed by atoms with van der Waals surface area (Å²) in [6.07, 6.45) is 2.35. The monoisotopic (exact) mass is 251 g/mol. The van der Waals surface area contributed by atoms with E-state index in [0.29, 0.717) is 4.83 Å². The molecule has 0 N–H and O–H groups in total. The molecule has 0 aliphatic heterocycles. The molecule has 0 heterocycles. The second-order valence-corrected chi connectivity index (χ2v) is 4.99. The van der Waals surface area contributed by atoms with Crippen molar-refractivity contribution in [1.29, 1.82) is 0 Å². The van der Waals surface area contributed by atoms with Crippen molar-refractivity contribution < 1.29 is 4.74 Å². The van der Waals surface area contributed by atoms with Crippen LogP contribution in [0.2, 0.25) is 0 Å². The van der Waals surface area contributed by atoms with E-state index >= 15 is 0 Å². The first kappa shape index (κ1) is 13.4. The van der Waals surface area contributed by atoms with E-state index in [-0.39, 0.29) is 0 Å². The van der Waals surface area contributed by atoms with Gasteiger partial charge in [-0.25, -0.2) is 0 Å². The maximum Gasteiger partial charge on any atom is 0.0478 e. The Kier molecular flexibility index (Phi) is 9.25. The number of rotatable bonds is 8. The number of alkyl halides is 1. The Balaban J connectivity index is 3.15. The summed E-state index contributed by atoms with van der Waals surface area (Å²) < 4.78 is 5.27. The minimum atomic E-state index is 0.627. The number of halogens is 1. The van der Waals surface area contributed by atoms with Gasteiger partial charge in [0.1, 0.15) is 0 Å². The predicted molar refractivity (Wildman–Crippen MR) is 61.6 cm³/mol. The van der Waals surface area contributed by atoms with Crippen molar-refractivity contribution in [3.8, 4) is 0 Å². The van der Waals surface area contributed by atoms with Gasteiger partial charge in [0.05, 0.1) is 0 Å². The van der Waals surface area contributed by atoms with Crippen molar-refractivity contribution in [3.63, 3.8) is 0 Å². The Labute approximate surface area is 90.8 Å². The van der Waals surface area contributed by atoms with E-state index in [2.05, 4.69) is 34.8 Å². The van der Waals surface area contributed by atoms with Crippen molar-refractivity contribution in [1.82, 2.24) is 4.90 Å². The summed E-state index contributed by atoms with van der Waals surface area (Å²) in [7, 11) is 2.17. The van der Waals surface area contributed by atoms with Gasteiger partial charge in [-0.3, -0.25) is 0 Å². The number of hydrogen-bond acceptors (Lipinski definition) is 2. The van der Waals surface area contributed by atoms with Gasteiger partial charge in [-0.2, -0.15) is 0 Å². The Hall–Kier alpha value is 0.400. The van der Waals surface area contributed by atoms with Crippen LogP contribution < -0.4 is 0 Å². The molecular formula is C10H22BrNO. The Morgan fingerprint density at radius 2 is 2.08 bits per heavy atom. The van der Waals surface area contributed by atoms with Crippen molar-refractivity contribution in [2.24, 2.45) is 0 Å². The molecule has 0 spiro atoms. The molecule has 0 amide bonds. The highest BCUT2D eigenvalue weighted by atomic mass is 79.9. The van der Waals surface area contributed by atoms with Crippen molar-refractivity contribution in [3.05, 3.63) is 0 Å². The van der Waals surface area contributed by atoms with Crippen molar-refractivity contribution in [2.75, 3.05) is 33.4 Å². The van der Waals surface area contributed by atoms with Crippen LogP contribution in [-0.4, -0.2) is 43.1 Å². The highest BCUT2D eigenvalue weighted by Gasteiger charge is 2.00. The molecular weight excluding hydrogens is 230 g/mol. The minimum Gasteiger partial charge on any atom is -0.382 e. The van der Waals surface area contributed by atoms with Crippen LogP contribution in [0.4, 0.5) is 0 Å². The summed E-state index contributed by atoms with van der Waals surface area (Å²) in [6.45, 7) is 8.26. The van der Waals surface area contributed by atoms with E-state index in [0.717, 1.165) is 26.2 Å². The van der Waals surface area contributed by atoms with Gasteiger partial charge in [-0.15, -0.1) is 0 Å². The third-order valence-electron chi connectivity index (χ3n) is 1.94. The van der Waals surface area contributed by atoms with Crippen LogP contribution in [0.1, 0.15) is 26.7 Å². The second kappa shape index (κ2) is 8.97. The summed E-state index contributed by atoms with van der Waals surface area (Å²) >= 11 is 3.54. The van der Waals surface area contributed by atoms with E-state index in [1.165, 1.54) is 13.0 Å². The molecule has 0 saturated heterocycles. The summed E-state index contributed by atoms with van der Waals surface area (Å²) in [4.78, 5) is 2.98. The lowest BCUT2D eigenvalue weighted by Gasteiger charge is -2.16. The highest BCUT2D eigenvalue weighted by molar-refractivity contribution is 9.09.